The summed E-state index contributed by atoms with van der Waals surface area (Å²) in [6.07, 6.45) is 1.79. The normalized spacial score (nSPS) is 12.6. The number of anilines is 1. The number of carbonyl (C=O) groups is 1. The predicted molar refractivity (Wildman–Crippen MR) is 97.4 cm³/mol. The van der Waals surface area contributed by atoms with E-state index in [0.717, 1.165) is 17.1 Å². The van der Waals surface area contributed by atoms with Gasteiger partial charge in [-0.15, -0.1) is 0 Å². The van der Waals surface area contributed by atoms with Crippen LogP contribution >= 0.6 is 11.6 Å². The molecule has 1 aliphatic rings. The third kappa shape index (κ3) is 4.53. The van der Waals surface area contributed by atoms with Crippen LogP contribution in [0.4, 0.5) is 5.69 Å². The van der Waals surface area contributed by atoms with Gasteiger partial charge in [-0.05, 0) is 48.5 Å². The molecule has 0 spiro atoms. The van der Waals surface area contributed by atoms with Gasteiger partial charge in [-0.2, -0.15) is 0 Å². The highest BCUT2D eigenvalue weighted by Gasteiger charge is 2.17. The second-order valence-corrected chi connectivity index (χ2v) is 5.90. The zero-order chi connectivity index (χ0) is 17.6. The zero-order valence-corrected chi connectivity index (χ0v) is 14.5. The van der Waals surface area contributed by atoms with Gasteiger partial charge in [0.05, 0.1) is 12.2 Å². The molecule has 0 saturated heterocycles. The molecule has 0 aromatic heterocycles. The molecule has 0 atom stereocenters. The topological polar surface area (TPSA) is 56.8 Å². The average Bonchev–Trinajstić information content (AvgIpc) is 2.62. The summed E-state index contributed by atoms with van der Waals surface area (Å²) in [7, 11) is 1.62. The van der Waals surface area contributed by atoms with Crippen LogP contribution in [0.5, 0.6) is 11.5 Å². The number of nitrogens with one attached hydrogen (secondary N) is 1. The number of hydrogen-bond acceptors (Lipinski definition) is 4. The van der Waals surface area contributed by atoms with Crippen molar-refractivity contribution in [1.29, 1.82) is 0 Å². The number of benzene rings is 2. The largest absolute Gasteiger partial charge is 0.491 e. The highest BCUT2D eigenvalue weighted by atomic mass is 35.5. The van der Waals surface area contributed by atoms with E-state index in [9.17, 15) is 4.79 Å². The van der Waals surface area contributed by atoms with E-state index in [4.69, 9.17) is 25.8 Å². The maximum atomic E-state index is 12.4. The van der Waals surface area contributed by atoms with Crippen LogP contribution in [0.15, 0.2) is 48.0 Å². The van der Waals surface area contributed by atoms with Crippen LogP contribution in [-0.2, 0) is 9.53 Å². The van der Waals surface area contributed by atoms with Crippen LogP contribution < -0.4 is 14.8 Å². The van der Waals surface area contributed by atoms with Crippen molar-refractivity contribution in [3.05, 3.63) is 58.6 Å². The maximum absolute atomic E-state index is 12.4. The number of halogens is 1. The van der Waals surface area contributed by atoms with E-state index < -0.39 is 0 Å². The van der Waals surface area contributed by atoms with Gasteiger partial charge in [0.2, 0.25) is 0 Å². The van der Waals surface area contributed by atoms with E-state index in [0.29, 0.717) is 29.5 Å². The summed E-state index contributed by atoms with van der Waals surface area (Å²) in [6.45, 7) is 1.23. The molecule has 3 rings (SSSR count). The van der Waals surface area contributed by atoms with Crippen LogP contribution in [0, 0.1) is 0 Å². The standard InChI is InChI=1S/C19H18ClNO4/c1-23-8-9-24-17-5-3-16(4-6-17)21-19(22)14-10-13-11-15(20)2-7-18(13)25-12-14/h2-7,10-11H,8-9,12H2,1H3,(H,21,22). The fourth-order valence-electron chi connectivity index (χ4n) is 2.37. The molecule has 0 radical (unpaired) electrons. The number of hydrogen-bond donors (Lipinski definition) is 1. The van der Waals surface area contributed by atoms with E-state index in [1.165, 1.54) is 0 Å². The zero-order valence-electron chi connectivity index (χ0n) is 13.8. The Balaban J connectivity index is 1.64. The highest BCUT2D eigenvalue weighted by molar-refractivity contribution is 6.30. The quantitative estimate of drug-likeness (QED) is 0.797. The summed E-state index contributed by atoms with van der Waals surface area (Å²) >= 11 is 5.99. The third-order valence-corrected chi connectivity index (χ3v) is 3.88. The molecule has 0 saturated carbocycles. The molecule has 130 valence electrons. The predicted octanol–water partition coefficient (Wildman–Crippen LogP) is 3.78. The molecule has 1 N–H and O–H groups in total. The van der Waals surface area contributed by atoms with Crippen molar-refractivity contribution in [1.82, 2.24) is 0 Å². The molecule has 6 heteroatoms. The van der Waals surface area contributed by atoms with Gasteiger partial charge in [0.25, 0.3) is 5.91 Å². The lowest BCUT2D eigenvalue weighted by molar-refractivity contribution is -0.113. The number of ether oxygens (including phenoxy) is 3. The Morgan fingerprint density at radius 2 is 2.00 bits per heavy atom. The molecule has 0 unspecified atom stereocenters. The second-order valence-electron chi connectivity index (χ2n) is 5.46. The number of amides is 1. The van der Waals surface area contributed by atoms with Gasteiger partial charge >= 0.3 is 0 Å². The molecule has 25 heavy (non-hydrogen) atoms. The lowest BCUT2D eigenvalue weighted by atomic mass is 10.1. The van der Waals surface area contributed by atoms with Gasteiger partial charge in [-0.25, -0.2) is 0 Å². The first kappa shape index (κ1) is 17.3. The van der Waals surface area contributed by atoms with E-state index in [1.807, 2.05) is 0 Å². The minimum atomic E-state index is -0.210. The van der Waals surface area contributed by atoms with Crippen molar-refractivity contribution in [3.63, 3.8) is 0 Å². The first-order valence-corrected chi connectivity index (χ1v) is 8.19. The SMILES string of the molecule is COCCOc1ccc(NC(=O)C2=Cc3cc(Cl)ccc3OC2)cc1. The Morgan fingerprint density at radius 1 is 1.20 bits per heavy atom. The molecule has 0 bridgehead atoms. The summed E-state index contributed by atoms with van der Waals surface area (Å²) in [4.78, 5) is 12.4. The summed E-state index contributed by atoms with van der Waals surface area (Å²) in [5, 5.41) is 3.45. The number of rotatable bonds is 6. The van der Waals surface area contributed by atoms with E-state index in [-0.39, 0.29) is 12.5 Å². The molecule has 0 aliphatic carbocycles. The lowest BCUT2D eigenvalue weighted by Crippen LogP contribution is -2.21. The fourth-order valence-corrected chi connectivity index (χ4v) is 2.55. The molecular formula is C19H18ClNO4. The summed E-state index contributed by atoms with van der Waals surface area (Å²) in [5.41, 5.74) is 2.02. The molecule has 1 amide bonds. The van der Waals surface area contributed by atoms with Crippen LogP contribution in [0.3, 0.4) is 0 Å². The first-order chi connectivity index (χ1) is 12.2. The van der Waals surface area contributed by atoms with Gasteiger partial charge in [0.15, 0.2) is 0 Å². The van der Waals surface area contributed by atoms with Gasteiger partial charge in [0.1, 0.15) is 24.7 Å². The van der Waals surface area contributed by atoms with E-state index >= 15 is 0 Å². The van der Waals surface area contributed by atoms with Crippen LogP contribution in [-0.4, -0.2) is 32.8 Å². The molecule has 2 aromatic rings. The minimum Gasteiger partial charge on any atom is -0.491 e. The highest BCUT2D eigenvalue weighted by Crippen LogP contribution is 2.29. The molecular weight excluding hydrogens is 342 g/mol. The number of methoxy groups -OCH3 is 1. The molecule has 2 aromatic carbocycles. The first-order valence-electron chi connectivity index (χ1n) is 7.82. The molecule has 1 aliphatic heterocycles. The van der Waals surface area contributed by atoms with E-state index in [1.54, 1.807) is 55.7 Å². The summed E-state index contributed by atoms with van der Waals surface area (Å²) in [6, 6.07) is 12.5. The monoisotopic (exact) mass is 359 g/mol. The fraction of sp³-hybridized carbons (Fsp3) is 0.211. The van der Waals surface area contributed by atoms with Crippen molar-refractivity contribution in [2.45, 2.75) is 0 Å². The van der Waals surface area contributed by atoms with Crippen LogP contribution in [0.25, 0.3) is 6.08 Å². The van der Waals surface area contributed by atoms with Crippen molar-refractivity contribution in [2.75, 3.05) is 32.2 Å². The number of carbonyl (C=O) groups excluding carboxylic acids is 1. The summed E-state index contributed by atoms with van der Waals surface area (Å²) in [5.74, 6) is 1.23. The molecule has 0 fully saturated rings. The van der Waals surface area contributed by atoms with Crippen molar-refractivity contribution < 1.29 is 19.0 Å². The van der Waals surface area contributed by atoms with Gasteiger partial charge in [-0.3, -0.25) is 4.79 Å². The summed E-state index contributed by atoms with van der Waals surface area (Å²) < 4.78 is 16.0. The Hall–Kier alpha value is -2.50. The van der Waals surface area contributed by atoms with Gasteiger partial charge < -0.3 is 19.5 Å². The van der Waals surface area contributed by atoms with Crippen LogP contribution in [0.2, 0.25) is 5.02 Å². The smallest absolute Gasteiger partial charge is 0.255 e. The third-order valence-electron chi connectivity index (χ3n) is 3.64. The Labute approximate surface area is 151 Å². The maximum Gasteiger partial charge on any atom is 0.255 e. The Bertz CT molecular complexity index is 787. The minimum absolute atomic E-state index is 0.210. The van der Waals surface area contributed by atoms with Crippen LogP contribution in [0.1, 0.15) is 5.56 Å². The van der Waals surface area contributed by atoms with Gasteiger partial charge in [0, 0.05) is 23.4 Å². The lowest BCUT2D eigenvalue weighted by Gasteiger charge is -2.18. The van der Waals surface area contributed by atoms with Crippen molar-refractivity contribution in [3.8, 4) is 11.5 Å². The van der Waals surface area contributed by atoms with Gasteiger partial charge in [-0.1, -0.05) is 11.6 Å². The van der Waals surface area contributed by atoms with Crippen molar-refractivity contribution >= 4 is 29.3 Å². The average molecular weight is 360 g/mol. The Kier molecular flexibility index (Phi) is 5.58. The second kappa shape index (κ2) is 8.05. The van der Waals surface area contributed by atoms with Crippen molar-refractivity contribution in [2.24, 2.45) is 0 Å². The molecule has 5 nitrogen and oxygen atoms in total. The molecule has 1 heterocycles. The Morgan fingerprint density at radius 3 is 2.76 bits per heavy atom. The number of fused-ring (bicyclic) bond motifs is 1. The van der Waals surface area contributed by atoms with E-state index in [2.05, 4.69) is 5.32 Å².